The fraction of sp³-hybridized carbons (Fsp3) is 0.357. The zero-order valence-electron chi connectivity index (χ0n) is 9.93. The Balaban J connectivity index is 1.70. The zero-order valence-corrected chi connectivity index (χ0v) is 10.8. The number of hydrogen-bond acceptors (Lipinski definition) is 3. The van der Waals surface area contributed by atoms with Crippen molar-refractivity contribution in [2.24, 2.45) is 0 Å². The van der Waals surface area contributed by atoms with Crippen LogP contribution in [0.2, 0.25) is 0 Å². The van der Waals surface area contributed by atoms with Crippen LogP contribution in [0.4, 0.5) is 4.39 Å². The molecule has 94 valence electrons. The van der Waals surface area contributed by atoms with Gasteiger partial charge in [0.05, 0.1) is 0 Å². The molecule has 0 bridgehead atoms. The fourth-order valence-electron chi connectivity index (χ4n) is 2.53. The highest BCUT2D eigenvalue weighted by atomic mass is 32.2. The summed E-state index contributed by atoms with van der Waals surface area (Å²) >= 11 is 1.43. The van der Waals surface area contributed by atoms with Crippen molar-refractivity contribution in [2.45, 2.75) is 18.2 Å². The topological polar surface area (TPSA) is 20.3 Å². The summed E-state index contributed by atoms with van der Waals surface area (Å²) in [7, 11) is 0. The molecule has 0 radical (unpaired) electrons. The van der Waals surface area contributed by atoms with Crippen molar-refractivity contribution in [3.63, 3.8) is 0 Å². The van der Waals surface area contributed by atoms with Crippen LogP contribution in [0.15, 0.2) is 35.9 Å². The van der Waals surface area contributed by atoms with Gasteiger partial charge in [-0.05, 0) is 24.1 Å². The van der Waals surface area contributed by atoms with Crippen LogP contribution in [0.5, 0.6) is 0 Å². The zero-order chi connectivity index (χ0) is 12.5. The summed E-state index contributed by atoms with van der Waals surface area (Å²) in [5.74, 6) is -0.148. The van der Waals surface area contributed by atoms with Crippen LogP contribution in [-0.2, 0) is 11.3 Å². The summed E-state index contributed by atoms with van der Waals surface area (Å²) in [4.78, 5) is 13.5. The monoisotopic (exact) mass is 263 g/mol. The van der Waals surface area contributed by atoms with Crippen molar-refractivity contribution in [1.29, 1.82) is 0 Å². The van der Waals surface area contributed by atoms with Gasteiger partial charge in [0.15, 0.2) is 0 Å². The summed E-state index contributed by atoms with van der Waals surface area (Å²) in [6.45, 7) is 2.34. The molecular formula is C14H14FNOS. The molecule has 18 heavy (non-hydrogen) atoms. The molecule has 1 saturated heterocycles. The number of carbonyl (C=O) groups excluding carboxylic acids is 1. The molecule has 1 fully saturated rings. The first-order valence-electron chi connectivity index (χ1n) is 6.09. The SMILES string of the molecule is O=C1C=C2CN(Cc3ccccc3F)CCC2S1. The lowest BCUT2D eigenvalue weighted by Crippen LogP contribution is -2.35. The van der Waals surface area contributed by atoms with Crippen LogP contribution < -0.4 is 0 Å². The second-order valence-corrected chi connectivity index (χ2v) is 5.94. The Kier molecular flexibility index (Phi) is 3.22. The van der Waals surface area contributed by atoms with Gasteiger partial charge in [-0.25, -0.2) is 4.39 Å². The number of nitrogens with zero attached hydrogens (tertiary/aromatic N) is 1. The third-order valence-electron chi connectivity index (χ3n) is 3.44. The maximum atomic E-state index is 13.6. The van der Waals surface area contributed by atoms with E-state index < -0.39 is 0 Å². The maximum absolute atomic E-state index is 13.6. The minimum absolute atomic E-state index is 0.148. The summed E-state index contributed by atoms with van der Waals surface area (Å²) < 4.78 is 13.6. The lowest BCUT2D eigenvalue weighted by Gasteiger charge is -2.31. The number of piperidine rings is 1. The molecule has 0 spiro atoms. The summed E-state index contributed by atoms with van der Waals surface area (Å²) in [6.07, 6.45) is 2.74. The normalized spacial score (nSPS) is 23.9. The molecule has 1 atom stereocenters. The highest BCUT2D eigenvalue weighted by molar-refractivity contribution is 8.15. The number of benzene rings is 1. The van der Waals surface area contributed by atoms with Crippen molar-refractivity contribution in [3.8, 4) is 0 Å². The molecule has 0 aliphatic carbocycles. The maximum Gasteiger partial charge on any atom is 0.212 e. The van der Waals surface area contributed by atoms with Gasteiger partial charge in [-0.1, -0.05) is 30.0 Å². The molecule has 0 saturated carbocycles. The van der Waals surface area contributed by atoms with E-state index in [0.29, 0.717) is 11.8 Å². The number of fused-ring (bicyclic) bond motifs is 1. The number of thioether (sulfide) groups is 1. The average Bonchev–Trinajstić information content (AvgIpc) is 2.71. The minimum Gasteiger partial charge on any atom is -0.295 e. The smallest absolute Gasteiger partial charge is 0.212 e. The van der Waals surface area contributed by atoms with Gasteiger partial charge in [0, 0.05) is 30.4 Å². The molecule has 2 nitrogen and oxygen atoms in total. The van der Waals surface area contributed by atoms with Gasteiger partial charge in [0.25, 0.3) is 0 Å². The lowest BCUT2D eigenvalue weighted by atomic mass is 10.0. The van der Waals surface area contributed by atoms with Crippen molar-refractivity contribution in [2.75, 3.05) is 13.1 Å². The molecule has 1 unspecified atom stereocenters. The summed E-state index contributed by atoms with van der Waals surface area (Å²) in [6, 6.07) is 6.89. The Bertz CT molecular complexity index is 514. The highest BCUT2D eigenvalue weighted by Crippen LogP contribution is 2.34. The second-order valence-electron chi connectivity index (χ2n) is 4.74. The summed E-state index contributed by atoms with van der Waals surface area (Å²) in [5, 5.41) is 0.539. The van der Waals surface area contributed by atoms with Gasteiger partial charge in [-0.2, -0.15) is 0 Å². The third kappa shape index (κ3) is 2.35. The van der Waals surface area contributed by atoms with Gasteiger partial charge in [-0.15, -0.1) is 0 Å². The quantitative estimate of drug-likeness (QED) is 0.818. The van der Waals surface area contributed by atoms with Crippen LogP contribution in [0, 0.1) is 5.82 Å². The van der Waals surface area contributed by atoms with E-state index in [0.717, 1.165) is 25.1 Å². The average molecular weight is 263 g/mol. The van der Waals surface area contributed by atoms with E-state index >= 15 is 0 Å². The van der Waals surface area contributed by atoms with Gasteiger partial charge in [-0.3, -0.25) is 9.69 Å². The molecule has 1 aromatic carbocycles. The number of carbonyl (C=O) groups is 1. The molecule has 2 heterocycles. The van der Waals surface area contributed by atoms with E-state index in [-0.39, 0.29) is 10.9 Å². The Hall–Kier alpha value is -1.13. The molecule has 1 aromatic rings. The number of halogens is 1. The van der Waals surface area contributed by atoms with Crippen molar-refractivity contribution in [1.82, 2.24) is 4.90 Å². The van der Waals surface area contributed by atoms with Crippen molar-refractivity contribution < 1.29 is 9.18 Å². The third-order valence-corrected chi connectivity index (χ3v) is 4.61. The molecule has 2 aliphatic heterocycles. The van der Waals surface area contributed by atoms with Gasteiger partial charge in [0.1, 0.15) is 5.82 Å². The Morgan fingerprint density at radius 1 is 1.39 bits per heavy atom. The molecule has 4 heteroatoms. The van der Waals surface area contributed by atoms with E-state index in [1.54, 1.807) is 12.1 Å². The Morgan fingerprint density at radius 2 is 2.22 bits per heavy atom. The van der Waals surface area contributed by atoms with Gasteiger partial charge in [0.2, 0.25) is 5.12 Å². The standard InChI is InChI=1S/C14H14FNOS/c15-12-4-2-1-3-10(12)8-16-6-5-13-11(9-16)7-14(17)18-13/h1-4,7,13H,5-6,8-9H2. The van der Waals surface area contributed by atoms with Crippen LogP contribution in [0.25, 0.3) is 0 Å². The van der Waals surface area contributed by atoms with E-state index in [4.69, 9.17) is 0 Å². The molecule has 2 aliphatic rings. The van der Waals surface area contributed by atoms with Gasteiger partial charge < -0.3 is 0 Å². The first-order chi connectivity index (χ1) is 8.72. The van der Waals surface area contributed by atoms with Gasteiger partial charge >= 0.3 is 0 Å². The Morgan fingerprint density at radius 3 is 3.06 bits per heavy atom. The summed E-state index contributed by atoms with van der Waals surface area (Å²) in [5.41, 5.74) is 1.93. The lowest BCUT2D eigenvalue weighted by molar-refractivity contribution is -0.106. The molecule has 0 N–H and O–H groups in total. The van der Waals surface area contributed by atoms with E-state index in [2.05, 4.69) is 4.90 Å². The first kappa shape index (κ1) is 11.9. The molecular weight excluding hydrogens is 249 g/mol. The first-order valence-corrected chi connectivity index (χ1v) is 6.97. The van der Waals surface area contributed by atoms with Crippen LogP contribution in [-0.4, -0.2) is 28.4 Å². The van der Waals surface area contributed by atoms with E-state index in [1.165, 1.54) is 23.4 Å². The van der Waals surface area contributed by atoms with Crippen LogP contribution in [0.1, 0.15) is 12.0 Å². The van der Waals surface area contributed by atoms with Crippen LogP contribution >= 0.6 is 11.8 Å². The van der Waals surface area contributed by atoms with Crippen molar-refractivity contribution in [3.05, 3.63) is 47.3 Å². The van der Waals surface area contributed by atoms with E-state index in [9.17, 15) is 9.18 Å². The molecule has 0 aromatic heterocycles. The molecule has 3 rings (SSSR count). The molecule has 0 amide bonds. The number of likely N-dealkylation sites (tertiary alicyclic amines) is 1. The predicted molar refractivity (Wildman–Crippen MR) is 70.8 cm³/mol. The van der Waals surface area contributed by atoms with Crippen molar-refractivity contribution >= 4 is 16.9 Å². The fourth-order valence-corrected chi connectivity index (χ4v) is 3.54. The largest absolute Gasteiger partial charge is 0.295 e. The number of hydrogen-bond donors (Lipinski definition) is 0. The Labute approximate surface area is 110 Å². The van der Waals surface area contributed by atoms with Crippen LogP contribution in [0.3, 0.4) is 0 Å². The van der Waals surface area contributed by atoms with E-state index in [1.807, 2.05) is 12.1 Å². The predicted octanol–water partition coefficient (Wildman–Crippen LogP) is 2.60. The minimum atomic E-state index is -0.148. The second kappa shape index (κ2) is 4.86. The highest BCUT2D eigenvalue weighted by Gasteiger charge is 2.31. The number of rotatable bonds is 2.